The molecule has 4 aromatic heterocycles. The minimum absolute atomic E-state index is 0.0370. The largest absolute Gasteiger partial charge is 0.497 e. The second kappa shape index (κ2) is 41.2. The van der Waals surface area contributed by atoms with Gasteiger partial charge in [-0.15, -0.1) is 0 Å². The van der Waals surface area contributed by atoms with Crippen molar-refractivity contribution in [1.29, 1.82) is 0 Å². The Balaban J connectivity index is 0.000000197. The van der Waals surface area contributed by atoms with Crippen LogP contribution in [0.2, 0.25) is 5.15 Å². The first-order valence-corrected chi connectivity index (χ1v) is 39.9. The third kappa shape index (κ3) is 24.1. The number of para-hydroxylation sites is 3. The topological polar surface area (TPSA) is 281 Å². The highest BCUT2D eigenvalue weighted by Crippen LogP contribution is 2.32. The minimum atomic E-state index is -0.988. The normalized spacial score (nSPS) is 14.2. The summed E-state index contributed by atoms with van der Waals surface area (Å²) in [5, 5.41) is 20.1. The Morgan fingerprint density at radius 1 is 0.609 bits per heavy atom. The number of anilines is 4. The van der Waals surface area contributed by atoms with Crippen LogP contribution in [0.3, 0.4) is 0 Å². The van der Waals surface area contributed by atoms with Crippen LogP contribution in [0.25, 0.3) is 44.6 Å². The maximum atomic E-state index is 13.2. The van der Waals surface area contributed by atoms with Crippen LogP contribution in [-0.2, 0) is 11.8 Å². The summed E-state index contributed by atoms with van der Waals surface area (Å²) in [7, 11) is 3.97. The Morgan fingerprint density at radius 3 is 1.48 bits per heavy atom. The fourth-order valence-corrected chi connectivity index (χ4v) is 10.5. The molecule has 3 fully saturated rings. The number of nitrogens with zero attached hydrogens (tertiary/aromatic N) is 6. The molecule has 4 heterocycles. The second-order valence-corrected chi connectivity index (χ2v) is 24.4. The Kier molecular flexibility index (Phi) is 32.6. The van der Waals surface area contributed by atoms with Crippen molar-refractivity contribution in [2.24, 2.45) is 5.73 Å². The summed E-state index contributed by atoms with van der Waals surface area (Å²) in [5.74, 6) is 2.05. The van der Waals surface area contributed by atoms with Crippen LogP contribution in [0.4, 0.5) is 22.9 Å². The fraction of sp³-hybridized carbons (Fsp3) is 0.309. The van der Waals surface area contributed by atoms with E-state index in [1.54, 1.807) is 69.3 Å². The lowest BCUT2D eigenvalue weighted by Crippen LogP contribution is -2.36. The number of hydrogen-bond donors (Lipinski definition) is 7. The number of alkyl halides is 1. The Labute approximate surface area is 588 Å². The maximum Gasteiger partial charge on any atom is 0.337 e. The van der Waals surface area contributed by atoms with Gasteiger partial charge in [-0.3, -0.25) is 19.6 Å². The first-order chi connectivity index (χ1) is 45.1. The number of rotatable bonds is 12. The number of ether oxygens (including phenoxy) is 2. The van der Waals surface area contributed by atoms with Crippen molar-refractivity contribution >= 4 is 153 Å². The molecule has 1 atom stereocenters. The van der Waals surface area contributed by atoms with Crippen LogP contribution in [0.1, 0.15) is 129 Å². The molecule has 0 spiro atoms. The lowest BCUT2D eigenvalue weighted by molar-refractivity contribution is 0.0697. The monoisotopic (exact) mass is 1640 g/mol. The number of nitrogen functional groups attached to an aromatic ring is 2. The van der Waals surface area contributed by atoms with Crippen LogP contribution < -0.4 is 42.6 Å². The molecular weight excluding hydrogens is 1560 g/mol. The van der Waals surface area contributed by atoms with Gasteiger partial charge >= 0.3 is 5.97 Å². The quantitative estimate of drug-likeness (QED) is 0.0197. The van der Waals surface area contributed by atoms with E-state index in [1.165, 1.54) is 63.9 Å². The highest BCUT2D eigenvalue weighted by molar-refractivity contribution is 15.0. The molecule has 0 aliphatic heterocycles. The standard InChI is InChI=1S/C27H27N5O2.C14H10ClN3O.C13H18N2O.C7H7NO2.C6H13N.CH2IPS.I2/c1-34-20-13-14-24-22(16-20)26(32-25(30-24)18-8-7-15-28-17-18)31-23-12-6-5-11-21(23)27(33)29-19-9-3-2-4-10-19;1-19-10-4-5-12-11(7-10)13(15)18-14(17-12)9-3-2-6-16-8-9;14-12-9-5-4-8-11(12)13(16)15-10-6-2-1-3-7-10;8-6-4-2-1-3-5(6)7(9)10;7-6-4-2-1-3-5-6;2-1-3-4;1-2/h5-8,11-17,19H,2-4,9-10H2,1H3,(H,29,33)(H,30,31,32);2-8H,1H3;4-5,8-10H,1-3,6-7,14H2,(H,15,16);1-4H,8H2,(H,9,10);6H,1-5,7H2;1H2;/i;;;;;1D;. The van der Waals surface area contributed by atoms with Gasteiger partial charge < -0.3 is 47.7 Å². The predicted octanol–water partition coefficient (Wildman–Crippen LogP) is 17.0. The lowest BCUT2D eigenvalue weighted by Gasteiger charge is -2.23. The smallest absolute Gasteiger partial charge is 0.337 e. The first kappa shape index (κ1) is 72.9. The number of aromatic nitrogens is 6. The summed E-state index contributed by atoms with van der Waals surface area (Å²) >= 11 is 16.9. The van der Waals surface area contributed by atoms with E-state index in [0.717, 1.165) is 84.6 Å². The zero-order valence-corrected chi connectivity index (χ0v) is 60.1. The third-order valence-corrected chi connectivity index (χ3v) is 17.6. The van der Waals surface area contributed by atoms with Crippen molar-refractivity contribution in [1.82, 2.24) is 40.5 Å². The number of carboxylic acids is 1. The molecule has 12 rings (SSSR count). The van der Waals surface area contributed by atoms with Crippen LogP contribution >= 0.6 is 78.8 Å². The number of nitrogens with two attached hydrogens (primary N) is 3. The van der Waals surface area contributed by atoms with Crippen molar-refractivity contribution in [3.05, 3.63) is 180 Å². The number of fused-ring (bicyclic) bond motifs is 2. The van der Waals surface area contributed by atoms with Crippen molar-refractivity contribution in [3.63, 3.8) is 0 Å². The summed E-state index contributed by atoms with van der Waals surface area (Å²) < 4.78 is 17.2. The highest BCUT2D eigenvalue weighted by atomic mass is 128. The van der Waals surface area contributed by atoms with Gasteiger partial charge in [0.05, 0.1) is 51.8 Å². The van der Waals surface area contributed by atoms with Gasteiger partial charge in [-0.2, -0.15) is 0 Å². The second-order valence-electron chi connectivity index (χ2n) is 21.4. The number of aromatic carboxylic acids is 1. The molecule has 484 valence electrons. The van der Waals surface area contributed by atoms with E-state index in [0.29, 0.717) is 68.6 Å². The number of benzene rings is 5. The molecule has 2 amide bonds. The van der Waals surface area contributed by atoms with Gasteiger partial charge in [0.25, 0.3) is 11.8 Å². The van der Waals surface area contributed by atoms with E-state index in [4.69, 9.17) is 54.7 Å². The van der Waals surface area contributed by atoms with Crippen LogP contribution in [0.5, 0.6) is 11.5 Å². The van der Waals surface area contributed by atoms with Gasteiger partial charge in [-0.1, -0.05) is 140 Å². The zero-order chi connectivity index (χ0) is 66.9. The molecule has 0 radical (unpaired) electrons. The molecule has 3 aliphatic rings. The summed E-state index contributed by atoms with van der Waals surface area (Å²) in [6.07, 6.45) is 25.1. The van der Waals surface area contributed by atoms with Crippen molar-refractivity contribution < 1.29 is 30.3 Å². The SMILES string of the molecule is COc1ccc2nc(-c3cccnc3)nc(Cl)c2c1.COc1ccc2nc(-c3cccnc3)nc(Nc3ccccc3C(=O)NC3CCCCC3)c2c1.II.NC1CCCCC1.Nc1ccccc1C(=O)NC1CCCCC1.Nc1ccccc1C(=O)O.[2H]C(I)P=S. The lowest BCUT2D eigenvalue weighted by atomic mass is 9.95. The molecule has 1 unspecified atom stereocenters. The minimum Gasteiger partial charge on any atom is -0.497 e. The summed E-state index contributed by atoms with van der Waals surface area (Å²) in [6.45, 7) is 0. The van der Waals surface area contributed by atoms with Crippen molar-refractivity contribution in [2.45, 2.75) is 114 Å². The van der Waals surface area contributed by atoms with Crippen LogP contribution in [0.15, 0.2) is 158 Å². The van der Waals surface area contributed by atoms with Gasteiger partial charge in [-0.05, 0) is 143 Å². The van der Waals surface area contributed by atoms with Gasteiger partial charge in [-0.25, -0.2) is 24.7 Å². The van der Waals surface area contributed by atoms with E-state index in [9.17, 15) is 14.4 Å². The fourth-order valence-electron chi connectivity index (χ4n) is 10.2. The molecule has 24 heteroatoms. The Bertz CT molecular complexity index is 3810. The van der Waals surface area contributed by atoms with E-state index in [-0.39, 0.29) is 27.6 Å². The molecule has 5 aromatic carbocycles. The molecule has 0 bridgehead atoms. The number of hydrogen-bond acceptors (Lipinski definition) is 16. The summed E-state index contributed by atoms with van der Waals surface area (Å²) in [4.78, 5) is 62.0. The summed E-state index contributed by atoms with van der Waals surface area (Å²) in [6, 6.07) is 40.9. The number of carbonyl (C=O) groups excluding carboxylic acids is 2. The maximum absolute atomic E-state index is 13.2. The molecule has 92 heavy (non-hydrogen) atoms. The van der Waals surface area contributed by atoms with Gasteiger partial charge in [0.15, 0.2) is 11.6 Å². The number of halogens is 4. The van der Waals surface area contributed by atoms with Crippen molar-refractivity contribution in [3.8, 4) is 34.3 Å². The van der Waals surface area contributed by atoms with E-state index in [1.807, 2.05) is 120 Å². The first-order valence-electron chi connectivity index (χ1n) is 30.6. The van der Waals surface area contributed by atoms with E-state index >= 15 is 0 Å². The van der Waals surface area contributed by atoms with Crippen LogP contribution in [0, 0.1) is 0 Å². The average Bonchev–Trinajstić information content (AvgIpc) is 0.913. The van der Waals surface area contributed by atoms with Gasteiger partial charge in [0, 0.05) is 115 Å². The van der Waals surface area contributed by atoms with Gasteiger partial charge in [0.2, 0.25) is 0 Å². The molecular formula is C68H77ClI3N12O6PS. The zero-order valence-electron chi connectivity index (χ0n) is 52.2. The molecule has 10 N–H and O–H groups in total. The number of carboxylic acid groups (broad SMARTS) is 1. The highest BCUT2D eigenvalue weighted by Gasteiger charge is 2.21. The number of methoxy groups -OCH3 is 2. The number of nitrogens with one attached hydrogen (secondary N) is 3. The molecule has 0 saturated heterocycles. The van der Waals surface area contributed by atoms with Crippen molar-refractivity contribution in [2.75, 3.05) is 35.1 Å². The Morgan fingerprint density at radius 2 is 1.04 bits per heavy atom. The molecule has 18 nitrogen and oxygen atoms in total. The molecule has 3 saturated carbocycles. The van der Waals surface area contributed by atoms with Crippen LogP contribution in [-0.4, -0.2) is 89.3 Å². The summed E-state index contributed by atoms with van der Waals surface area (Å²) in [5.41, 5.74) is 22.8. The third-order valence-electron chi connectivity index (χ3n) is 15.0. The molecule has 9 aromatic rings. The average molecular weight is 1640 g/mol. The van der Waals surface area contributed by atoms with E-state index < -0.39 is 5.97 Å². The number of pyridine rings is 2. The molecule has 3 aliphatic carbocycles. The number of amides is 2. The van der Waals surface area contributed by atoms with Gasteiger partial charge in [0.1, 0.15) is 22.5 Å². The predicted molar refractivity (Wildman–Crippen MR) is 403 cm³/mol. The Hall–Kier alpha value is -6.55. The van der Waals surface area contributed by atoms with E-state index in [2.05, 4.69) is 84.9 Å². The number of carbonyl (C=O) groups is 3.